The molecule has 0 bridgehead atoms. The molecule has 1 aromatic heterocycles. The maximum Gasteiger partial charge on any atom is 0.251 e. The van der Waals surface area contributed by atoms with Gasteiger partial charge in [-0.25, -0.2) is 9.37 Å². The summed E-state index contributed by atoms with van der Waals surface area (Å²) < 4.78 is 24.8. The molecule has 128 valence electrons. The molecular formula is C17H20FN3O3. The number of benzene rings is 1. The highest BCUT2D eigenvalue weighted by Gasteiger charge is 2.27. The van der Waals surface area contributed by atoms with Gasteiger partial charge in [0.15, 0.2) is 0 Å². The average molecular weight is 333 g/mol. The highest BCUT2D eigenvalue weighted by Crippen LogP contribution is 2.26. The maximum absolute atomic E-state index is 14.2. The summed E-state index contributed by atoms with van der Waals surface area (Å²) in [5.74, 6) is 0.731. The Labute approximate surface area is 139 Å². The van der Waals surface area contributed by atoms with E-state index in [9.17, 15) is 9.18 Å². The predicted octanol–water partition coefficient (Wildman–Crippen LogP) is 1.80. The summed E-state index contributed by atoms with van der Waals surface area (Å²) >= 11 is 0. The Hall–Kier alpha value is -2.25. The number of ether oxygens (including phenoxy) is 2. The summed E-state index contributed by atoms with van der Waals surface area (Å²) in [6.07, 6.45) is 0. The largest absolute Gasteiger partial charge is 0.497 e. The smallest absolute Gasteiger partial charge is 0.251 e. The van der Waals surface area contributed by atoms with Crippen molar-refractivity contribution in [3.8, 4) is 5.75 Å². The van der Waals surface area contributed by atoms with Gasteiger partial charge in [-0.1, -0.05) is 6.07 Å². The van der Waals surface area contributed by atoms with Crippen LogP contribution in [0.1, 0.15) is 23.1 Å². The molecule has 1 N–H and O–H groups in total. The standard InChI is InChI=1S/C17H20FN3O3/c1-11-19-15(8-17(22)20-11)16-10-24-6-5-21(16)9-12-3-4-13(23-2)7-14(12)18/h3-4,7-8,16H,5-6,9-10H2,1-2H3,(H,19,20,22). The Bertz CT molecular complexity index is 778. The maximum atomic E-state index is 14.2. The van der Waals surface area contributed by atoms with Gasteiger partial charge in [0.2, 0.25) is 0 Å². The van der Waals surface area contributed by atoms with Crippen molar-refractivity contribution in [2.45, 2.75) is 19.5 Å². The Balaban J connectivity index is 1.86. The molecule has 0 spiro atoms. The van der Waals surface area contributed by atoms with Gasteiger partial charge in [-0.2, -0.15) is 0 Å². The molecule has 1 aliphatic rings. The summed E-state index contributed by atoms with van der Waals surface area (Å²) in [6, 6.07) is 6.13. The lowest BCUT2D eigenvalue weighted by Crippen LogP contribution is -2.40. The van der Waals surface area contributed by atoms with E-state index in [0.29, 0.717) is 49.1 Å². The topological polar surface area (TPSA) is 67.5 Å². The second kappa shape index (κ2) is 7.11. The normalized spacial score (nSPS) is 18.5. The quantitative estimate of drug-likeness (QED) is 0.924. The minimum Gasteiger partial charge on any atom is -0.497 e. The van der Waals surface area contributed by atoms with Gasteiger partial charge in [-0.05, 0) is 13.0 Å². The van der Waals surface area contributed by atoms with Crippen LogP contribution in [-0.2, 0) is 11.3 Å². The van der Waals surface area contributed by atoms with Crippen LogP contribution in [0, 0.1) is 12.7 Å². The predicted molar refractivity (Wildman–Crippen MR) is 86.5 cm³/mol. The minimum atomic E-state index is -0.311. The number of halogens is 1. The first-order valence-corrected chi connectivity index (χ1v) is 7.79. The molecule has 1 aromatic carbocycles. The van der Waals surface area contributed by atoms with Gasteiger partial charge in [-0.15, -0.1) is 0 Å². The third kappa shape index (κ3) is 3.63. The number of aromatic amines is 1. The highest BCUT2D eigenvalue weighted by molar-refractivity contribution is 5.29. The van der Waals surface area contributed by atoms with Crippen molar-refractivity contribution in [2.75, 3.05) is 26.9 Å². The van der Waals surface area contributed by atoms with Crippen LogP contribution in [0.4, 0.5) is 4.39 Å². The molecule has 1 atom stereocenters. The number of hydrogen-bond acceptors (Lipinski definition) is 5. The fraction of sp³-hybridized carbons (Fsp3) is 0.412. The van der Waals surface area contributed by atoms with Crippen molar-refractivity contribution in [3.63, 3.8) is 0 Å². The lowest BCUT2D eigenvalue weighted by Gasteiger charge is -2.35. The van der Waals surface area contributed by atoms with Crippen LogP contribution in [0.2, 0.25) is 0 Å². The first kappa shape index (κ1) is 16.6. The van der Waals surface area contributed by atoms with Crippen LogP contribution >= 0.6 is 0 Å². The van der Waals surface area contributed by atoms with E-state index in [1.807, 2.05) is 0 Å². The number of hydrogen-bond donors (Lipinski definition) is 1. The fourth-order valence-electron chi connectivity index (χ4n) is 2.88. The molecule has 0 radical (unpaired) electrons. The molecule has 6 nitrogen and oxygen atoms in total. The number of H-pyrrole nitrogens is 1. The van der Waals surface area contributed by atoms with E-state index < -0.39 is 0 Å². The zero-order valence-electron chi connectivity index (χ0n) is 13.7. The summed E-state index contributed by atoms with van der Waals surface area (Å²) in [5.41, 5.74) is 1.02. The first-order valence-electron chi connectivity index (χ1n) is 7.79. The second-order valence-corrected chi connectivity index (χ2v) is 5.77. The van der Waals surface area contributed by atoms with Crippen LogP contribution in [0.15, 0.2) is 29.1 Å². The molecule has 0 amide bonds. The van der Waals surface area contributed by atoms with Gasteiger partial charge in [-0.3, -0.25) is 9.69 Å². The molecule has 2 heterocycles. The molecule has 1 aliphatic heterocycles. The van der Waals surface area contributed by atoms with E-state index in [-0.39, 0.29) is 17.4 Å². The van der Waals surface area contributed by atoms with Crippen LogP contribution < -0.4 is 10.3 Å². The van der Waals surface area contributed by atoms with Crippen molar-refractivity contribution in [3.05, 3.63) is 57.5 Å². The van der Waals surface area contributed by atoms with Gasteiger partial charge in [0, 0.05) is 30.8 Å². The van der Waals surface area contributed by atoms with E-state index in [1.54, 1.807) is 19.1 Å². The van der Waals surface area contributed by atoms with Crippen LogP contribution in [0.3, 0.4) is 0 Å². The van der Waals surface area contributed by atoms with Crippen molar-refractivity contribution in [1.29, 1.82) is 0 Å². The van der Waals surface area contributed by atoms with Crippen molar-refractivity contribution in [1.82, 2.24) is 14.9 Å². The van der Waals surface area contributed by atoms with Gasteiger partial charge >= 0.3 is 0 Å². The summed E-state index contributed by atoms with van der Waals surface area (Å²) in [6.45, 7) is 3.78. The average Bonchev–Trinajstić information content (AvgIpc) is 2.56. The van der Waals surface area contributed by atoms with Gasteiger partial charge < -0.3 is 14.5 Å². The monoisotopic (exact) mass is 333 g/mol. The molecule has 1 fully saturated rings. The van der Waals surface area contributed by atoms with Crippen LogP contribution in [0.5, 0.6) is 5.75 Å². The van der Waals surface area contributed by atoms with E-state index in [1.165, 1.54) is 19.2 Å². The molecule has 1 unspecified atom stereocenters. The molecule has 3 rings (SSSR count). The van der Waals surface area contributed by atoms with Crippen LogP contribution in [0.25, 0.3) is 0 Å². The Morgan fingerprint density at radius 1 is 1.46 bits per heavy atom. The molecule has 2 aromatic rings. The summed E-state index contributed by atoms with van der Waals surface area (Å²) in [5, 5.41) is 0. The molecule has 1 saturated heterocycles. The number of methoxy groups -OCH3 is 1. The lowest BCUT2D eigenvalue weighted by molar-refractivity contribution is -0.0148. The molecular weight excluding hydrogens is 313 g/mol. The van der Waals surface area contributed by atoms with E-state index in [0.717, 1.165) is 0 Å². The zero-order valence-corrected chi connectivity index (χ0v) is 13.7. The third-order valence-corrected chi connectivity index (χ3v) is 4.09. The summed E-state index contributed by atoms with van der Waals surface area (Å²) in [7, 11) is 1.51. The molecule has 0 aliphatic carbocycles. The number of rotatable bonds is 4. The third-order valence-electron chi connectivity index (χ3n) is 4.09. The summed E-state index contributed by atoms with van der Waals surface area (Å²) in [4.78, 5) is 20.8. The molecule has 7 heteroatoms. The first-order chi connectivity index (χ1) is 11.6. The van der Waals surface area contributed by atoms with Gasteiger partial charge in [0.05, 0.1) is 32.1 Å². The van der Waals surface area contributed by atoms with E-state index in [2.05, 4.69) is 14.9 Å². The van der Waals surface area contributed by atoms with Crippen LogP contribution in [-0.4, -0.2) is 41.7 Å². The van der Waals surface area contributed by atoms with Gasteiger partial charge in [0.1, 0.15) is 17.4 Å². The second-order valence-electron chi connectivity index (χ2n) is 5.77. The number of nitrogens with zero attached hydrogens (tertiary/aromatic N) is 2. The number of morpholine rings is 1. The highest BCUT2D eigenvalue weighted by atomic mass is 19.1. The Morgan fingerprint density at radius 3 is 3.00 bits per heavy atom. The van der Waals surface area contributed by atoms with Crippen molar-refractivity contribution < 1.29 is 13.9 Å². The zero-order chi connectivity index (χ0) is 17.1. The number of nitrogens with one attached hydrogen (secondary N) is 1. The molecule has 24 heavy (non-hydrogen) atoms. The SMILES string of the molecule is COc1ccc(CN2CCOCC2c2cc(=O)[nH]c(C)n2)c(F)c1. The fourth-order valence-corrected chi connectivity index (χ4v) is 2.88. The molecule has 0 saturated carbocycles. The Kier molecular flexibility index (Phi) is 4.92. The van der Waals surface area contributed by atoms with E-state index in [4.69, 9.17) is 9.47 Å². The number of aryl methyl sites for hydroxylation is 1. The Morgan fingerprint density at radius 2 is 2.29 bits per heavy atom. The van der Waals surface area contributed by atoms with Crippen molar-refractivity contribution >= 4 is 0 Å². The van der Waals surface area contributed by atoms with Gasteiger partial charge in [0.25, 0.3) is 5.56 Å². The lowest BCUT2D eigenvalue weighted by atomic mass is 10.1. The number of aromatic nitrogens is 2. The minimum absolute atomic E-state index is 0.179. The van der Waals surface area contributed by atoms with Crippen molar-refractivity contribution in [2.24, 2.45) is 0 Å². The van der Waals surface area contributed by atoms with E-state index >= 15 is 0 Å².